The van der Waals surface area contributed by atoms with Crippen LogP contribution in [0.15, 0.2) is 18.2 Å². The molecule has 76 valence electrons. The second-order valence-corrected chi connectivity index (χ2v) is 4.22. The lowest BCUT2D eigenvalue weighted by atomic mass is 9.94. The number of rotatable bonds is 2. The minimum absolute atomic E-state index is 0.298. The van der Waals surface area contributed by atoms with Gasteiger partial charge in [0.2, 0.25) is 0 Å². The zero-order valence-corrected chi connectivity index (χ0v) is 8.66. The largest absolute Gasteiger partial charge is 0.399 e. The molecule has 2 nitrogen and oxygen atoms in total. The quantitative estimate of drug-likeness (QED) is 0.701. The standard InChI is InChI=1S/C12H18N2/c1-2-3-11-10-5-4-9(13)6-8(10)7-12(11)14/h4-6,11-12H,2-3,7,13-14H2,1H3. The lowest BCUT2D eigenvalue weighted by molar-refractivity contribution is 0.530. The molecule has 1 aliphatic carbocycles. The molecule has 0 saturated carbocycles. The number of hydrogen-bond acceptors (Lipinski definition) is 2. The zero-order valence-electron chi connectivity index (χ0n) is 8.66. The molecule has 0 aromatic heterocycles. The van der Waals surface area contributed by atoms with Gasteiger partial charge in [0.05, 0.1) is 0 Å². The Hall–Kier alpha value is -1.02. The third kappa shape index (κ3) is 1.50. The van der Waals surface area contributed by atoms with Crippen LogP contribution in [0.1, 0.15) is 36.8 Å². The van der Waals surface area contributed by atoms with Crippen LogP contribution in [0.3, 0.4) is 0 Å². The molecule has 0 saturated heterocycles. The van der Waals surface area contributed by atoms with Gasteiger partial charge in [-0.05, 0) is 42.0 Å². The topological polar surface area (TPSA) is 52.0 Å². The van der Waals surface area contributed by atoms with Crippen molar-refractivity contribution in [3.8, 4) is 0 Å². The van der Waals surface area contributed by atoms with E-state index < -0.39 is 0 Å². The smallest absolute Gasteiger partial charge is 0.0316 e. The maximum absolute atomic E-state index is 6.12. The molecular weight excluding hydrogens is 172 g/mol. The van der Waals surface area contributed by atoms with Crippen molar-refractivity contribution in [3.05, 3.63) is 29.3 Å². The van der Waals surface area contributed by atoms with E-state index in [0.29, 0.717) is 12.0 Å². The van der Waals surface area contributed by atoms with Crippen LogP contribution in [-0.2, 0) is 6.42 Å². The van der Waals surface area contributed by atoms with Crippen LogP contribution in [0.5, 0.6) is 0 Å². The highest BCUT2D eigenvalue weighted by Gasteiger charge is 2.28. The second-order valence-electron chi connectivity index (χ2n) is 4.22. The van der Waals surface area contributed by atoms with E-state index in [-0.39, 0.29) is 0 Å². The average molecular weight is 190 g/mol. The van der Waals surface area contributed by atoms with Crippen molar-refractivity contribution in [1.29, 1.82) is 0 Å². The van der Waals surface area contributed by atoms with E-state index in [1.807, 2.05) is 6.07 Å². The molecule has 1 aromatic rings. The number of nitrogen functional groups attached to an aromatic ring is 1. The van der Waals surface area contributed by atoms with Crippen molar-refractivity contribution in [2.75, 3.05) is 5.73 Å². The first kappa shape index (κ1) is 9.53. The Morgan fingerprint density at radius 1 is 1.43 bits per heavy atom. The van der Waals surface area contributed by atoms with Gasteiger partial charge in [-0.3, -0.25) is 0 Å². The number of fused-ring (bicyclic) bond motifs is 1. The Labute approximate surface area is 85.3 Å². The predicted molar refractivity (Wildman–Crippen MR) is 60.2 cm³/mol. The van der Waals surface area contributed by atoms with Crippen LogP contribution in [-0.4, -0.2) is 6.04 Å². The summed E-state index contributed by atoms with van der Waals surface area (Å²) in [5, 5.41) is 0. The van der Waals surface area contributed by atoms with Crippen molar-refractivity contribution in [1.82, 2.24) is 0 Å². The second kappa shape index (κ2) is 3.62. The molecule has 14 heavy (non-hydrogen) atoms. The summed E-state index contributed by atoms with van der Waals surface area (Å²) in [5.41, 5.74) is 15.5. The highest BCUT2D eigenvalue weighted by Crippen LogP contribution is 2.36. The fourth-order valence-corrected chi connectivity index (χ4v) is 2.47. The summed E-state index contributed by atoms with van der Waals surface area (Å²) in [6.45, 7) is 2.21. The number of hydrogen-bond donors (Lipinski definition) is 2. The van der Waals surface area contributed by atoms with E-state index in [4.69, 9.17) is 11.5 Å². The van der Waals surface area contributed by atoms with Crippen LogP contribution in [0.4, 0.5) is 5.69 Å². The van der Waals surface area contributed by atoms with Gasteiger partial charge in [0.15, 0.2) is 0 Å². The van der Waals surface area contributed by atoms with Gasteiger partial charge in [-0.15, -0.1) is 0 Å². The Kier molecular flexibility index (Phi) is 2.46. The molecule has 1 aromatic carbocycles. The van der Waals surface area contributed by atoms with Crippen molar-refractivity contribution in [2.45, 2.75) is 38.1 Å². The van der Waals surface area contributed by atoms with Crippen LogP contribution < -0.4 is 11.5 Å². The Bertz CT molecular complexity index is 333. The molecule has 0 amide bonds. The first-order valence-corrected chi connectivity index (χ1v) is 5.36. The summed E-state index contributed by atoms with van der Waals surface area (Å²) >= 11 is 0. The third-order valence-corrected chi connectivity index (χ3v) is 3.14. The fraction of sp³-hybridized carbons (Fsp3) is 0.500. The normalized spacial score (nSPS) is 25.0. The van der Waals surface area contributed by atoms with Crippen molar-refractivity contribution >= 4 is 5.69 Å². The maximum atomic E-state index is 6.12. The van der Waals surface area contributed by atoms with Gasteiger partial charge in [0, 0.05) is 11.7 Å². The first-order valence-electron chi connectivity index (χ1n) is 5.36. The summed E-state index contributed by atoms with van der Waals surface area (Å²) in [5.74, 6) is 0.551. The van der Waals surface area contributed by atoms with Crippen molar-refractivity contribution in [3.63, 3.8) is 0 Å². The van der Waals surface area contributed by atoms with E-state index in [9.17, 15) is 0 Å². The summed E-state index contributed by atoms with van der Waals surface area (Å²) in [6.07, 6.45) is 3.38. The number of anilines is 1. The molecule has 0 spiro atoms. The minimum Gasteiger partial charge on any atom is -0.399 e. The van der Waals surface area contributed by atoms with Gasteiger partial charge in [-0.25, -0.2) is 0 Å². The molecule has 1 aliphatic rings. The van der Waals surface area contributed by atoms with E-state index in [2.05, 4.69) is 19.1 Å². The lowest BCUT2D eigenvalue weighted by Gasteiger charge is -2.15. The Morgan fingerprint density at radius 3 is 2.93 bits per heavy atom. The summed E-state index contributed by atoms with van der Waals surface area (Å²) in [7, 11) is 0. The molecule has 0 bridgehead atoms. The van der Waals surface area contributed by atoms with E-state index in [1.54, 1.807) is 0 Å². The summed E-state index contributed by atoms with van der Waals surface area (Å²) in [4.78, 5) is 0. The third-order valence-electron chi connectivity index (χ3n) is 3.14. The molecule has 2 atom stereocenters. The van der Waals surface area contributed by atoms with Gasteiger partial charge >= 0.3 is 0 Å². The fourth-order valence-electron chi connectivity index (χ4n) is 2.47. The van der Waals surface area contributed by atoms with E-state index >= 15 is 0 Å². The Balaban J connectivity index is 2.33. The summed E-state index contributed by atoms with van der Waals surface area (Å²) < 4.78 is 0. The van der Waals surface area contributed by atoms with Gasteiger partial charge < -0.3 is 11.5 Å². The molecule has 4 N–H and O–H groups in total. The van der Waals surface area contributed by atoms with E-state index in [1.165, 1.54) is 24.0 Å². The summed E-state index contributed by atoms with van der Waals surface area (Å²) in [6, 6.07) is 6.51. The van der Waals surface area contributed by atoms with Crippen molar-refractivity contribution < 1.29 is 0 Å². The minimum atomic E-state index is 0.298. The monoisotopic (exact) mass is 190 g/mol. The molecule has 0 heterocycles. The first-order chi connectivity index (χ1) is 6.72. The molecule has 0 aliphatic heterocycles. The number of nitrogens with two attached hydrogens (primary N) is 2. The van der Waals surface area contributed by atoms with E-state index in [0.717, 1.165) is 12.1 Å². The van der Waals surface area contributed by atoms with Gasteiger partial charge in [-0.1, -0.05) is 19.4 Å². The molecule has 2 heteroatoms. The lowest BCUT2D eigenvalue weighted by Crippen LogP contribution is -2.24. The predicted octanol–water partition coefficient (Wildman–Crippen LogP) is 2.04. The van der Waals surface area contributed by atoms with Gasteiger partial charge in [0.25, 0.3) is 0 Å². The molecular formula is C12H18N2. The molecule has 2 rings (SSSR count). The Morgan fingerprint density at radius 2 is 2.21 bits per heavy atom. The maximum Gasteiger partial charge on any atom is 0.0316 e. The highest BCUT2D eigenvalue weighted by atomic mass is 14.7. The molecule has 0 fully saturated rings. The molecule has 2 unspecified atom stereocenters. The van der Waals surface area contributed by atoms with Crippen LogP contribution >= 0.6 is 0 Å². The van der Waals surface area contributed by atoms with Crippen LogP contribution in [0.2, 0.25) is 0 Å². The van der Waals surface area contributed by atoms with Crippen LogP contribution in [0, 0.1) is 0 Å². The number of benzene rings is 1. The van der Waals surface area contributed by atoms with Crippen LogP contribution in [0.25, 0.3) is 0 Å². The van der Waals surface area contributed by atoms with Gasteiger partial charge in [0.1, 0.15) is 0 Å². The zero-order chi connectivity index (χ0) is 10.1. The molecule has 0 radical (unpaired) electrons. The van der Waals surface area contributed by atoms with Crippen molar-refractivity contribution in [2.24, 2.45) is 5.73 Å². The highest BCUT2D eigenvalue weighted by molar-refractivity contribution is 5.49. The SMILES string of the molecule is CCCC1c2ccc(N)cc2CC1N. The average Bonchev–Trinajstić information content (AvgIpc) is 2.43. The van der Waals surface area contributed by atoms with Gasteiger partial charge in [-0.2, -0.15) is 0 Å².